The summed E-state index contributed by atoms with van der Waals surface area (Å²) in [5.74, 6) is 5.64. The molecule has 0 fully saturated rings. The Bertz CT molecular complexity index is 852. The minimum Gasteiger partial charge on any atom is -0.465 e. The molecule has 0 bridgehead atoms. The predicted octanol–water partition coefficient (Wildman–Crippen LogP) is 4.22. The van der Waals surface area contributed by atoms with Gasteiger partial charge in [-0.15, -0.1) is 0 Å². The molecule has 2 aromatic carbocycles. The van der Waals surface area contributed by atoms with E-state index in [4.69, 9.17) is 4.74 Å². The molecular formula is C21H21NO4. The van der Waals surface area contributed by atoms with Crippen LogP contribution in [0.25, 0.3) is 0 Å². The molecule has 0 heterocycles. The fourth-order valence-electron chi connectivity index (χ4n) is 2.06. The first kappa shape index (κ1) is 19.1. The van der Waals surface area contributed by atoms with E-state index < -0.39 is 17.7 Å². The van der Waals surface area contributed by atoms with Crippen molar-refractivity contribution in [3.8, 4) is 11.8 Å². The van der Waals surface area contributed by atoms with Crippen molar-refractivity contribution in [1.82, 2.24) is 0 Å². The van der Waals surface area contributed by atoms with Crippen LogP contribution in [0.3, 0.4) is 0 Å². The van der Waals surface area contributed by atoms with Gasteiger partial charge in [-0.3, -0.25) is 5.32 Å². The monoisotopic (exact) mass is 351 g/mol. The number of carbonyl (C=O) groups is 2. The van der Waals surface area contributed by atoms with Crippen LogP contribution in [-0.2, 0) is 9.47 Å². The molecule has 0 aromatic heterocycles. The Balaban J connectivity index is 2.17. The first-order chi connectivity index (χ1) is 12.3. The van der Waals surface area contributed by atoms with Crippen molar-refractivity contribution in [3.05, 3.63) is 65.2 Å². The van der Waals surface area contributed by atoms with E-state index in [1.807, 2.05) is 18.2 Å². The highest BCUT2D eigenvalue weighted by atomic mass is 16.6. The minimum absolute atomic E-state index is 0.392. The number of hydrogen-bond acceptors (Lipinski definition) is 4. The number of nitrogens with one attached hydrogen (secondary N) is 1. The number of hydrogen-bond donors (Lipinski definition) is 1. The maximum atomic E-state index is 12.0. The zero-order valence-corrected chi connectivity index (χ0v) is 15.3. The molecule has 5 nitrogen and oxygen atoms in total. The van der Waals surface area contributed by atoms with Crippen molar-refractivity contribution in [2.24, 2.45) is 0 Å². The topological polar surface area (TPSA) is 64.6 Å². The van der Waals surface area contributed by atoms with Crippen LogP contribution in [0.1, 0.15) is 42.3 Å². The van der Waals surface area contributed by atoms with Gasteiger partial charge in [0.2, 0.25) is 0 Å². The van der Waals surface area contributed by atoms with Gasteiger partial charge in [-0.25, -0.2) is 9.59 Å². The Morgan fingerprint density at radius 1 is 0.962 bits per heavy atom. The predicted molar refractivity (Wildman–Crippen MR) is 100 cm³/mol. The van der Waals surface area contributed by atoms with Crippen LogP contribution in [-0.4, -0.2) is 24.8 Å². The summed E-state index contributed by atoms with van der Waals surface area (Å²) >= 11 is 0. The van der Waals surface area contributed by atoms with Crippen LogP contribution in [0.15, 0.2) is 48.5 Å². The van der Waals surface area contributed by atoms with Crippen molar-refractivity contribution in [3.63, 3.8) is 0 Å². The molecule has 2 aromatic rings. The summed E-state index contributed by atoms with van der Waals surface area (Å²) in [6.07, 6.45) is -0.533. The van der Waals surface area contributed by atoms with Gasteiger partial charge >= 0.3 is 12.1 Å². The molecule has 1 N–H and O–H groups in total. The SMILES string of the molecule is COC(=O)c1ccc(C#Cc2ccccc2NC(=O)OC(C)(C)C)cc1. The molecule has 2 rings (SSSR count). The molecule has 0 unspecified atom stereocenters. The minimum atomic E-state index is -0.577. The zero-order chi connectivity index (χ0) is 19.2. The third-order valence-corrected chi connectivity index (χ3v) is 3.21. The van der Waals surface area contributed by atoms with Gasteiger partial charge in [-0.2, -0.15) is 0 Å². The molecule has 0 saturated carbocycles. The lowest BCUT2D eigenvalue weighted by molar-refractivity contribution is 0.0598. The maximum absolute atomic E-state index is 12.0. The fraction of sp³-hybridized carbons (Fsp3) is 0.238. The maximum Gasteiger partial charge on any atom is 0.412 e. The van der Waals surface area contributed by atoms with Crippen molar-refractivity contribution in [2.45, 2.75) is 26.4 Å². The van der Waals surface area contributed by atoms with Crippen LogP contribution in [0.2, 0.25) is 0 Å². The van der Waals surface area contributed by atoms with E-state index in [2.05, 4.69) is 21.9 Å². The third-order valence-electron chi connectivity index (χ3n) is 3.21. The largest absolute Gasteiger partial charge is 0.465 e. The fourth-order valence-corrected chi connectivity index (χ4v) is 2.06. The number of methoxy groups -OCH3 is 1. The Hall–Kier alpha value is -3.26. The lowest BCUT2D eigenvalue weighted by Gasteiger charge is -2.20. The van der Waals surface area contributed by atoms with Crippen molar-refractivity contribution < 1.29 is 19.1 Å². The van der Waals surface area contributed by atoms with E-state index in [0.29, 0.717) is 16.8 Å². The van der Waals surface area contributed by atoms with Gasteiger partial charge in [-0.05, 0) is 57.2 Å². The van der Waals surface area contributed by atoms with Crippen LogP contribution < -0.4 is 5.32 Å². The van der Waals surface area contributed by atoms with Gasteiger partial charge in [0.15, 0.2) is 0 Å². The van der Waals surface area contributed by atoms with Gasteiger partial charge < -0.3 is 9.47 Å². The van der Waals surface area contributed by atoms with E-state index in [1.54, 1.807) is 51.1 Å². The first-order valence-corrected chi connectivity index (χ1v) is 8.08. The zero-order valence-electron chi connectivity index (χ0n) is 15.3. The van der Waals surface area contributed by atoms with Crippen LogP contribution in [0.4, 0.5) is 10.5 Å². The molecule has 134 valence electrons. The quantitative estimate of drug-likeness (QED) is 0.650. The van der Waals surface area contributed by atoms with Gasteiger partial charge in [-0.1, -0.05) is 24.0 Å². The molecule has 0 atom stereocenters. The van der Waals surface area contributed by atoms with E-state index >= 15 is 0 Å². The summed E-state index contributed by atoms with van der Waals surface area (Å²) < 4.78 is 9.93. The summed E-state index contributed by atoms with van der Waals surface area (Å²) in [6, 6.07) is 14.0. The lowest BCUT2D eigenvalue weighted by atomic mass is 10.1. The van der Waals surface area contributed by atoms with Gasteiger partial charge in [0.1, 0.15) is 5.60 Å². The normalized spacial score (nSPS) is 10.3. The number of carbonyl (C=O) groups excluding carboxylic acids is 2. The van der Waals surface area contributed by atoms with Gasteiger partial charge in [0.25, 0.3) is 0 Å². The number of anilines is 1. The molecule has 1 amide bonds. The van der Waals surface area contributed by atoms with Crippen molar-refractivity contribution in [2.75, 3.05) is 12.4 Å². The second-order valence-electron chi connectivity index (χ2n) is 6.49. The number of rotatable bonds is 2. The van der Waals surface area contributed by atoms with E-state index in [0.717, 1.165) is 5.56 Å². The number of benzene rings is 2. The number of ether oxygens (including phenoxy) is 2. The van der Waals surface area contributed by atoms with Crippen LogP contribution in [0.5, 0.6) is 0 Å². The average Bonchev–Trinajstić information content (AvgIpc) is 2.59. The Morgan fingerprint density at radius 3 is 2.23 bits per heavy atom. The third kappa shape index (κ3) is 5.67. The highest BCUT2D eigenvalue weighted by Gasteiger charge is 2.16. The molecular weight excluding hydrogens is 330 g/mol. The summed E-state index contributed by atoms with van der Waals surface area (Å²) in [5.41, 5.74) is 1.86. The lowest BCUT2D eigenvalue weighted by Crippen LogP contribution is -2.27. The molecule has 0 spiro atoms. The van der Waals surface area contributed by atoms with Crippen molar-refractivity contribution in [1.29, 1.82) is 0 Å². The molecule has 0 aliphatic rings. The van der Waals surface area contributed by atoms with E-state index in [9.17, 15) is 9.59 Å². The summed E-state index contributed by atoms with van der Waals surface area (Å²) in [6.45, 7) is 5.41. The molecule has 0 radical (unpaired) electrons. The molecule has 0 aliphatic carbocycles. The van der Waals surface area contributed by atoms with E-state index in [1.165, 1.54) is 7.11 Å². The molecule has 0 saturated heterocycles. The van der Waals surface area contributed by atoms with Crippen molar-refractivity contribution >= 4 is 17.7 Å². The van der Waals surface area contributed by atoms with Gasteiger partial charge in [0.05, 0.1) is 18.4 Å². The first-order valence-electron chi connectivity index (χ1n) is 8.08. The van der Waals surface area contributed by atoms with Gasteiger partial charge in [0, 0.05) is 11.1 Å². The summed E-state index contributed by atoms with van der Waals surface area (Å²) in [7, 11) is 1.34. The smallest absolute Gasteiger partial charge is 0.412 e. The number of esters is 1. The standard InChI is InChI=1S/C21H21NO4/c1-21(2,3)26-20(24)22-18-8-6-5-7-16(18)12-9-15-10-13-17(14-11-15)19(23)25-4/h5-8,10-11,13-14H,1-4H3,(H,22,24). The highest BCUT2D eigenvalue weighted by molar-refractivity contribution is 5.89. The van der Waals surface area contributed by atoms with Crippen LogP contribution in [0, 0.1) is 11.8 Å². The summed E-state index contributed by atoms with van der Waals surface area (Å²) in [5, 5.41) is 2.71. The average molecular weight is 351 g/mol. The van der Waals surface area contributed by atoms with Crippen LogP contribution >= 0.6 is 0 Å². The van der Waals surface area contributed by atoms with E-state index in [-0.39, 0.29) is 0 Å². The Morgan fingerprint density at radius 2 is 1.62 bits per heavy atom. The second kappa shape index (κ2) is 8.21. The number of para-hydroxylation sites is 1. The Labute approximate surface area is 153 Å². The molecule has 26 heavy (non-hydrogen) atoms. The molecule has 5 heteroatoms. The summed E-state index contributed by atoms with van der Waals surface area (Å²) in [4.78, 5) is 23.4. The Kier molecular flexibility index (Phi) is 6.03. The second-order valence-corrected chi connectivity index (χ2v) is 6.49. The number of amides is 1. The molecule has 0 aliphatic heterocycles. The highest BCUT2D eigenvalue weighted by Crippen LogP contribution is 2.16.